The lowest BCUT2D eigenvalue weighted by atomic mass is 9.98. The van der Waals surface area contributed by atoms with E-state index in [2.05, 4.69) is 36.3 Å². The Morgan fingerprint density at radius 2 is 1.94 bits per heavy atom. The lowest BCUT2D eigenvalue weighted by Gasteiger charge is -2.14. The second-order valence-corrected chi connectivity index (χ2v) is 6.40. The van der Waals surface area contributed by atoms with Gasteiger partial charge in [-0.2, -0.15) is 0 Å². The molecule has 1 aromatic rings. The van der Waals surface area contributed by atoms with Crippen LogP contribution >= 0.6 is 11.3 Å². The first-order chi connectivity index (χ1) is 7.71. The molecule has 1 atom stereocenters. The molecule has 0 spiro atoms. The molecule has 0 aliphatic rings. The van der Waals surface area contributed by atoms with Crippen molar-refractivity contribution in [1.82, 2.24) is 10.2 Å². The van der Waals surface area contributed by atoms with Gasteiger partial charge in [0.15, 0.2) is 0 Å². The normalized spacial score (nSPS) is 13.8. The van der Waals surface area contributed by atoms with Gasteiger partial charge in [0.1, 0.15) is 5.01 Å². The molecule has 17 heavy (non-hydrogen) atoms. The number of aromatic nitrogens is 2. The Morgan fingerprint density at radius 1 is 1.35 bits per heavy atom. The van der Waals surface area contributed by atoms with Crippen molar-refractivity contribution in [3.63, 3.8) is 0 Å². The number of hydrogen-bond acceptors (Lipinski definition) is 5. The number of rotatable bonds is 3. The average molecular weight is 256 g/mol. The van der Waals surface area contributed by atoms with Crippen molar-refractivity contribution in [3.05, 3.63) is 5.01 Å². The van der Waals surface area contributed by atoms with Crippen molar-refractivity contribution in [1.29, 1.82) is 0 Å². The minimum atomic E-state index is -0.517. The number of nitrogens with one attached hydrogen (secondary N) is 1. The minimum absolute atomic E-state index is 0.0548. The summed E-state index contributed by atoms with van der Waals surface area (Å²) in [7, 11) is 0. The molecular weight excluding hydrogens is 236 g/mol. The summed E-state index contributed by atoms with van der Waals surface area (Å²) in [6.45, 7) is 9.98. The van der Waals surface area contributed by atoms with Crippen molar-refractivity contribution >= 4 is 22.4 Å². The Kier molecular flexibility index (Phi) is 4.21. The molecule has 1 amide bonds. The number of hydrogen-bond donors (Lipinski definition) is 2. The molecule has 6 heteroatoms. The van der Waals surface area contributed by atoms with Gasteiger partial charge in [-0.25, -0.2) is 0 Å². The van der Waals surface area contributed by atoms with Crippen LogP contribution in [0.2, 0.25) is 0 Å². The van der Waals surface area contributed by atoms with Gasteiger partial charge in [-0.15, -0.1) is 10.2 Å². The highest BCUT2D eigenvalue weighted by molar-refractivity contribution is 7.15. The molecule has 0 saturated carbocycles. The predicted octanol–water partition coefficient (Wildman–Crippen LogP) is 1.76. The van der Waals surface area contributed by atoms with E-state index in [1.165, 1.54) is 11.3 Å². The zero-order valence-electron chi connectivity index (χ0n) is 10.9. The third-order valence-corrected chi connectivity index (χ3v) is 3.58. The van der Waals surface area contributed by atoms with Gasteiger partial charge in [0.05, 0.1) is 6.04 Å². The minimum Gasteiger partial charge on any atom is -0.320 e. The van der Waals surface area contributed by atoms with Gasteiger partial charge < -0.3 is 5.73 Å². The number of nitrogens with two attached hydrogens (primary N) is 1. The predicted molar refractivity (Wildman–Crippen MR) is 70.1 cm³/mol. The van der Waals surface area contributed by atoms with Gasteiger partial charge in [-0.3, -0.25) is 10.1 Å². The Morgan fingerprint density at radius 3 is 2.35 bits per heavy atom. The molecule has 0 radical (unpaired) electrons. The zero-order chi connectivity index (χ0) is 13.2. The van der Waals surface area contributed by atoms with E-state index >= 15 is 0 Å². The van der Waals surface area contributed by atoms with Gasteiger partial charge in [0, 0.05) is 5.41 Å². The summed E-state index contributed by atoms with van der Waals surface area (Å²) in [4.78, 5) is 11.7. The summed E-state index contributed by atoms with van der Waals surface area (Å²) in [5, 5.41) is 12.1. The van der Waals surface area contributed by atoms with E-state index in [9.17, 15) is 4.79 Å². The number of carbonyl (C=O) groups excluding carboxylic acids is 1. The highest BCUT2D eigenvalue weighted by atomic mass is 32.1. The van der Waals surface area contributed by atoms with Gasteiger partial charge in [0.25, 0.3) is 0 Å². The van der Waals surface area contributed by atoms with Crippen LogP contribution in [0.1, 0.15) is 39.6 Å². The lowest BCUT2D eigenvalue weighted by Crippen LogP contribution is -2.39. The largest absolute Gasteiger partial charge is 0.320 e. The quantitative estimate of drug-likeness (QED) is 0.863. The summed E-state index contributed by atoms with van der Waals surface area (Å²) in [5.41, 5.74) is 5.69. The molecule has 0 aliphatic heterocycles. The molecule has 0 saturated heterocycles. The Balaban J connectivity index is 2.71. The number of anilines is 1. The van der Waals surface area contributed by atoms with Crippen molar-refractivity contribution in [2.45, 2.75) is 46.1 Å². The number of nitrogens with zero attached hydrogens (tertiary/aromatic N) is 2. The second kappa shape index (κ2) is 5.10. The molecule has 1 aromatic heterocycles. The van der Waals surface area contributed by atoms with Crippen molar-refractivity contribution < 1.29 is 4.79 Å². The van der Waals surface area contributed by atoms with Crippen LogP contribution in [-0.2, 0) is 10.2 Å². The Hall–Kier alpha value is -1.01. The zero-order valence-corrected chi connectivity index (χ0v) is 11.8. The first-order valence-electron chi connectivity index (χ1n) is 5.62. The van der Waals surface area contributed by atoms with E-state index in [1.54, 1.807) is 0 Å². The van der Waals surface area contributed by atoms with Crippen LogP contribution in [0.3, 0.4) is 0 Å². The molecule has 0 bridgehead atoms. The molecule has 0 fully saturated rings. The maximum absolute atomic E-state index is 11.7. The highest BCUT2D eigenvalue weighted by Crippen LogP contribution is 2.27. The molecular formula is C11H20N4OS. The molecule has 1 rings (SSSR count). The van der Waals surface area contributed by atoms with Crippen LogP contribution in [-0.4, -0.2) is 22.1 Å². The lowest BCUT2D eigenvalue weighted by molar-refractivity contribution is -0.118. The summed E-state index contributed by atoms with van der Waals surface area (Å²) in [6.07, 6.45) is 0. The summed E-state index contributed by atoms with van der Waals surface area (Å²) in [6, 6.07) is -0.517. The summed E-state index contributed by atoms with van der Waals surface area (Å²) < 4.78 is 0. The second-order valence-electron chi connectivity index (χ2n) is 5.42. The van der Waals surface area contributed by atoms with E-state index < -0.39 is 6.04 Å². The van der Waals surface area contributed by atoms with Crippen LogP contribution < -0.4 is 11.1 Å². The van der Waals surface area contributed by atoms with E-state index in [-0.39, 0.29) is 17.2 Å². The molecule has 1 heterocycles. The molecule has 0 unspecified atom stereocenters. The average Bonchev–Trinajstić information content (AvgIpc) is 2.64. The van der Waals surface area contributed by atoms with E-state index in [0.29, 0.717) is 5.13 Å². The fourth-order valence-electron chi connectivity index (χ4n) is 1.07. The van der Waals surface area contributed by atoms with Crippen LogP contribution in [0.5, 0.6) is 0 Å². The maximum Gasteiger partial charge on any atom is 0.243 e. The first-order valence-corrected chi connectivity index (χ1v) is 6.44. The monoisotopic (exact) mass is 256 g/mol. The SMILES string of the molecule is CC(C)[C@H](N)C(=O)Nc1nnc(C(C)(C)C)s1. The number of carbonyl (C=O) groups is 1. The van der Waals surface area contributed by atoms with E-state index in [1.807, 2.05) is 13.8 Å². The topological polar surface area (TPSA) is 80.9 Å². The Labute approximate surface area is 106 Å². The molecule has 96 valence electrons. The fraction of sp³-hybridized carbons (Fsp3) is 0.727. The summed E-state index contributed by atoms with van der Waals surface area (Å²) >= 11 is 1.39. The maximum atomic E-state index is 11.7. The fourth-order valence-corrected chi connectivity index (χ4v) is 1.87. The van der Waals surface area contributed by atoms with Crippen molar-refractivity contribution in [3.8, 4) is 0 Å². The van der Waals surface area contributed by atoms with Crippen LogP contribution in [0, 0.1) is 5.92 Å². The molecule has 0 aromatic carbocycles. The molecule has 3 N–H and O–H groups in total. The van der Waals surface area contributed by atoms with Crippen molar-refractivity contribution in [2.24, 2.45) is 11.7 Å². The van der Waals surface area contributed by atoms with Gasteiger partial charge in [-0.1, -0.05) is 46.0 Å². The smallest absolute Gasteiger partial charge is 0.243 e. The Bertz CT molecular complexity index is 394. The standard InChI is InChI=1S/C11H20N4OS/c1-6(2)7(12)8(16)13-10-15-14-9(17-10)11(3,4)5/h6-7H,12H2,1-5H3,(H,13,15,16)/t7-/m0/s1. The van der Waals surface area contributed by atoms with Gasteiger partial charge in [-0.05, 0) is 5.92 Å². The first kappa shape index (κ1) is 14.1. The molecule has 0 aliphatic carbocycles. The van der Waals surface area contributed by atoms with Gasteiger partial charge >= 0.3 is 0 Å². The van der Waals surface area contributed by atoms with Gasteiger partial charge in [0.2, 0.25) is 11.0 Å². The van der Waals surface area contributed by atoms with E-state index in [0.717, 1.165) is 5.01 Å². The van der Waals surface area contributed by atoms with E-state index in [4.69, 9.17) is 5.73 Å². The van der Waals surface area contributed by atoms with Crippen LogP contribution in [0.25, 0.3) is 0 Å². The van der Waals surface area contributed by atoms with Crippen LogP contribution in [0.4, 0.5) is 5.13 Å². The van der Waals surface area contributed by atoms with Crippen molar-refractivity contribution in [2.75, 3.05) is 5.32 Å². The molecule has 5 nitrogen and oxygen atoms in total. The third kappa shape index (κ3) is 3.74. The summed E-state index contributed by atoms with van der Waals surface area (Å²) in [5.74, 6) is -0.110. The highest BCUT2D eigenvalue weighted by Gasteiger charge is 2.22. The van der Waals surface area contributed by atoms with Crippen LogP contribution in [0.15, 0.2) is 0 Å². The number of amides is 1. The third-order valence-electron chi connectivity index (χ3n) is 2.32.